The van der Waals surface area contributed by atoms with E-state index < -0.39 is 0 Å². The first-order valence-electron chi connectivity index (χ1n) is 8.39. The first-order valence-corrected chi connectivity index (χ1v) is 10.3. The van der Waals surface area contributed by atoms with Crippen molar-refractivity contribution in [1.29, 1.82) is 0 Å². The fourth-order valence-corrected chi connectivity index (χ4v) is 5.39. The summed E-state index contributed by atoms with van der Waals surface area (Å²) < 4.78 is 8.71. The van der Waals surface area contributed by atoms with Gasteiger partial charge in [0.1, 0.15) is 5.75 Å². The molecule has 1 fully saturated rings. The molecule has 3 heteroatoms. The predicted octanol–water partition coefficient (Wildman–Crippen LogP) is 7.19. The smallest absolute Gasteiger partial charge is 0.147 e. The summed E-state index contributed by atoms with van der Waals surface area (Å²) >= 11 is 6.13. The second kappa shape index (κ2) is 6.91. The summed E-state index contributed by atoms with van der Waals surface area (Å²) in [7, 11) is 0. The number of hydrogen-bond acceptors (Lipinski definition) is 1. The van der Waals surface area contributed by atoms with Crippen LogP contribution in [-0.4, -0.2) is 6.10 Å². The number of fused-ring (bicyclic) bond motifs is 1. The first-order chi connectivity index (χ1) is 10.9. The normalized spacial score (nSPS) is 22.3. The average molecular weight is 487 g/mol. The number of halogens is 2. The third-order valence-corrected chi connectivity index (χ3v) is 6.74. The van der Waals surface area contributed by atoms with Gasteiger partial charge in [0.15, 0.2) is 0 Å². The van der Waals surface area contributed by atoms with Crippen molar-refractivity contribution in [3.05, 3.63) is 38.4 Å². The van der Waals surface area contributed by atoms with Crippen molar-refractivity contribution in [2.24, 2.45) is 11.3 Å². The number of hydrogen-bond donors (Lipinski definition) is 0. The van der Waals surface area contributed by atoms with E-state index in [-0.39, 0.29) is 0 Å². The molecule has 124 valence electrons. The van der Waals surface area contributed by atoms with Gasteiger partial charge >= 0.3 is 0 Å². The van der Waals surface area contributed by atoms with Gasteiger partial charge in [-0.1, -0.05) is 45.0 Å². The Bertz CT molecular complexity index is 697. The molecule has 0 bridgehead atoms. The third kappa shape index (κ3) is 3.87. The van der Waals surface area contributed by atoms with Crippen LogP contribution in [0.25, 0.3) is 10.8 Å². The molecule has 2 aromatic rings. The van der Waals surface area contributed by atoms with E-state index in [2.05, 4.69) is 89.6 Å². The van der Waals surface area contributed by atoms with Crippen molar-refractivity contribution >= 4 is 49.3 Å². The molecule has 0 aliphatic heterocycles. The van der Waals surface area contributed by atoms with Gasteiger partial charge in [0.2, 0.25) is 0 Å². The summed E-state index contributed by atoms with van der Waals surface area (Å²) in [6.45, 7) is 7.09. The molecule has 1 nitrogen and oxygen atoms in total. The first kappa shape index (κ1) is 17.5. The van der Waals surface area contributed by atoms with E-state index >= 15 is 0 Å². The molecule has 0 saturated heterocycles. The zero-order valence-corrected chi connectivity index (χ0v) is 17.8. The summed E-state index contributed by atoms with van der Waals surface area (Å²) in [5.74, 6) is 1.84. The molecular weight excluding hydrogens is 463 g/mol. The van der Waals surface area contributed by atoms with E-state index in [9.17, 15) is 0 Å². The van der Waals surface area contributed by atoms with Crippen LogP contribution < -0.4 is 4.74 Å². The van der Waals surface area contributed by atoms with Crippen LogP contribution in [-0.2, 0) is 0 Å². The van der Waals surface area contributed by atoms with Crippen molar-refractivity contribution in [1.82, 2.24) is 0 Å². The lowest BCUT2D eigenvalue weighted by Crippen LogP contribution is -2.30. The molecule has 1 saturated carbocycles. The maximum atomic E-state index is 6.43. The van der Waals surface area contributed by atoms with Crippen molar-refractivity contribution in [3.8, 4) is 5.75 Å². The summed E-state index contributed by atoms with van der Waals surface area (Å²) in [4.78, 5) is 0. The minimum atomic E-state index is 0.347. The Labute approximate surface area is 161 Å². The Kier molecular flexibility index (Phi) is 5.27. The predicted molar refractivity (Wildman–Crippen MR) is 110 cm³/mol. The highest BCUT2D eigenvalue weighted by molar-refractivity contribution is 14.1. The average Bonchev–Trinajstić information content (AvgIpc) is 2.51. The van der Waals surface area contributed by atoms with Crippen molar-refractivity contribution < 1.29 is 4.74 Å². The van der Waals surface area contributed by atoms with E-state index in [1.165, 1.54) is 27.2 Å². The summed E-state index contributed by atoms with van der Waals surface area (Å²) in [5, 5.41) is 2.53. The van der Waals surface area contributed by atoms with Gasteiger partial charge in [-0.2, -0.15) is 0 Å². The van der Waals surface area contributed by atoms with Crippen LogP contribution in [0.1, 0.15) is 46.5 Å². The molecule has 0 amide bonds. The standard InChI is InChI=1S/C20H24BrIO/c1-20(2,3)14-8-10-15(11-9-14)23-19-17(21)12-13-6-4-5-7-16(13)18(19)22/h4-7,12,14-15H,8-11H2,1-3H3. The molecule has 0 unspecified atom stereocenters. The molecule has 1 aliphatic rings. The molecule has 23 heavy (non-hydrogen) atoms. The van der Waals surface area contributed by atoms with Crippen LogP contribution in [0, 0.1) is 14.9 Å². The second-order valence-corrected chi connectivity index (χ2v) is 9.61. The van der Waals surface area contributed by atoms with Crippen LogP contribution in [0.5, 0.6) is 5.75 Å². The number of benzene rings is 2. The van der Waals surface area contributed by atoms with Crippen molar-refractivity contribution in [2.75, 3.05) is 0 Å². The van der Waals surface area contributed by atoms with Crippen molar-refractivity contribution in [3.63, 3.8) is 0 Å². The van der Waals surface area contributed by atoms with Gasteiger partial charge < -0.3 is 4.74 Å². The number of rotatable bonds is 2. The molecule has 3 rings (SSSR count). The van der Waals surface area contributed by atoms with Gasteiger partial charge in [0.05, 0.1) is 14.1 Å². The van der Waals surface area contributed by atoms with E-state index in [1.54, 1.807) is 0 Å². The molecule has 0 atom stereocenters. The Morgan fingerprint density at radius 1 is 1.09 bits per heavy atom. The molecule has 0 aromatic heterocycles. The maximum Gasteiger partial charge on any atom is 0.147 e. The topological polar surface area (TPSA) is 9.23 Å². The quantitative estimate of drug-likeness (QED) is 0.408. The van der Waals surface area contributed by atoms with E-state index in [4.69, 9.17) is 4.74 Å². The maximum absolute atomic E-state index is 6.43. The molecular formula is C20H24BrIO. The lowest BCUT2D eigenvalue weighted by atomic mass is 9.72. The summed E-state index contributed by atoms with van der Waals surface area (Å²) in [6.07, 6.45) is 5.22. The lowest BCUT2D eigenvalue weighted by molar-refractivity contribution is 0.0872. The minimum absolute atomic E-state index is 0.347. The SMILES string of the molecule is CC(C)(C)C1CCC(Oc2c(Br)cc3ccccc3c2I)CC1. The Hall–Kier alpha value is -0.290. The van der Waals surface area contributed by atoms with Gasteiger partial charge in [0.25, 0.3) is 0 Å². The van der Waals surface area contributed by atoms with E-state index in [1.807, 2.05) is 0 Å². The fourth-order valence-electron chi connectivity index (χ4n) is 3.57. The van der Waals surface area contributed by atoms with Crippen LogP contribution >= 0.6 is 38.5 Å². The van der Waals surface area contributed by atoms with Crippen molar-refractivity contribution in [2.45, 2.75) is 52.6 Å². The Morgan fingerprint density at radius 3 is 2.39 bits per heavy atom. The summed E-state index contributed by atoms with van der Waals surface area (Å²) in [5.41, 5.74) is 0.420. The zero-order valence-electron chi connectivity index (χ0n) is 14.0. The van der Waals surface area contributed by atoms with E-state index in [0.29, 0.717) is 11.5 Å². The molecule has 1 aliphatic carbocycles. The van der Waals surface area contributed by atoms with E-state index in [0.717, 1.165) is 29.0 Å². The van der Waals surface area contributed by atoms with Crippen LogP contribution in [0.4, 0.5) is 0 Å². The second-order valence-electron chi connectivity index (χ2n) is 7.68. The van der Waals surface area contributed by atoms with Crippen LogP contribution in [0.2, 0.25) is 0 Å². The van der Waals surface area contributed by atoms with Crippen LogP contribution in [0.15, 0.2) is 34.8 Å². The van der Waals surface area contributed by atoms with Gasteiger partial charge in [-0.25, -0.2) is 0 Å². The Morgan fingerprint density at radius 2 is 1.74 bits per heavy atom. The lowest BCUT2D eigenvalue weighted by Gasteiger charge is -2.37. The van der Waals surface area contributed by atoms with Gasteiger partial charge in [0, 0.05) is 0 Å². The highest BCUT2D eigenvalue weighted by atomic mass is 127. The number of ether oxygens (including phenoxy) is 1. The largest absolute Gasteiger partial charge is 0.488 e. The summed E-state index contributed by atoms with van der Waals surface area (Å²) in [6, 6.07) is 10.7. The Balaban J connectivity index is 1.78. The molecule has 0 radical (unpaired) electrons. The van der Waals surface area contributed by atoms with Crippen LogP contribution in [0.3, 0.4) is 0 Å². The molecule has 0 N–H and O–H groups in total. The van der Waals surface area contributed by atoms with Gasteiger partial charge in [-0.15, -0.1) is 0 Å². The highest BCUT2D eigenvalue weighted by Gasteiger charge is 2.31. The molecule has 2 aromatic carbocycles. The molecule has 0 heterocycles. The zero-order chi connectivity index (χ0) is 16.6. The third-order valence-electron chi connectivity index (χ3n) is 5.08. The fraction of sp³-hybridized carbons (Fsp3) is 0.500. The highest BCUT2D eigenvalue weighted by Crippen LogP contribution is 2.41. The minimum Gasteiger partial charge on any atom is -0.488 e. The monoisotopic (exact) mass is 486 g/mol. The molecule has 0 spiro atoms. The van der Waals surface area contributed by atoms with Gasteiger partial charge in [-0.05, 0) is 92.4 Å². The van der Waals surface area contributed by atoms with Gasteiger partial charge in [-0.3, -0.25) is 0 Å².